The average molecular weight is 199 g/mol. The van der Waals surface area contributed by atoms with Crippen LogP contribution < -0.4 is 4.90 Å². The quantitative estimate of drug-likeness (QED) is 0.750. The van der Waals surface area contributed by atoms with Crippen LogP contribution in [-0.4, -0.2) is 13.1 Å². The van der Waals surface area contributed by atoms with Crippen molar-refractivity contribution in [2.75, 3.05) is 18.0 Å². The molecule has 3 nitrogen and oxygen atoms in total. The second-order valence-corrected chi connectivity index (χ2v) is 3.10. The van der Waals surface area contributed by atoms with Crippen LogP contribution in [0.4, 0.5) is 5.69 Å². The third kappa shape index (κ3) is 2.08. The molecule has 0 atom stereocenters. The molecule has 0 amide bonds. The van der Waals surface area contributed by atoms with Crippen molar-refractivity contribution in [2.24, 2.45) is 0 Å². The zero-order valence-corrected chi connectivity index (χ0v) is 8.99. The largest absolute Gasteiger partial charge is 0.371 e. The fraction of sp³-hybridized carbons (Fsp3) is 0.333. The molecule has 1 aromatic rings. The van der Waals surface area contributed by atoms with Crippen molar-refractivity contribution in [2.45, 2.75) is 13.8 Å². The van der Waals surface area contributed by atoms with Crippen LogP contribution in [0.25, 0.3) is 0 Å². The van der Waals surface area contributed by atoms with Crippen LogP contribution in [0.1, 0.15) is 25.0 Å². The van der Waals surface area contributed by atoms with Crippen LogP contribution in [0.3, 0.4) is 0 Å². The predicted molar refractivity (Wildman–Crippen MR) is 59.4 cm³/mol. The summed E-state index contributed by atoms with van der Waals surface area (Å²) in [5.41, 5.74) is 1.77. The molecule has 15 heavy (non-hydrogen) atoms. The van der Waals surface area contributed by atoms with Crippen LogP contribution in [0.2, 0.25) is 0 Å². The second-order valence-electron chi connectivity index (χ2n) is 3.10. The molecule has 3 heteroatoms. The molecule has 0 radical (unpaired) electrons. The highest BCUT2D eigenvalue weighted by molar-refractivity contribution is 5.65. The third-order valence-corrected chi connectivity index (χ3v) is 2.38. The summed E-state index contributed by atoms with van der Waals surface area (Å²) >= 11 is 0. The van der Waals surface area contributed by atoms with E-state index in [0.717, 1.165) is 18.8 Å². The van der Waals surface area contributed by atoms with Crippen LogP contribution in [-0.2, 0) is 0 Å². The van der Waals surface area contributed by atoms with Gasteiger partial charge in [-0.15, -0.1) is 0 Å². The van der Waals surface area contributed by atoms with E-state index in [1.165, 1.54) is 0 Å². The number of hydrogen-bond acceptors (Lipinski definition) is 3. The Hall–Kier alpha value is -2.00. The minimum Gasteiger partial charge on any atom is -0.371 e. The van der Waals surface area contributed by atoms with E-state index < -0.39 is 0 Å². The molecule has 76 valence electrons. The van der Waals surface area contributed by atoms with Crippen molar-refractivity contribution in [1.29, 1.82) is 10.5 Å². The lowest BCUT2D eigenvalue weighted by atomic mass is 10.1. The van der Waals surface area contributed by atoms with Crippen LogP contribution in [0.15, 0.2) is 18.2 Å². The van der Waals surface area contributed by atoms with Crippen molar-refractivity contribution in [1.82, 2.24) is 0 Å². The Balaban J connectivity index is 3.31. The molecule has 0 aliphatic carbocycles. The lowest BCUT2D eigenvalue weighted by Crippen LogP contribution is -2.23. The first-order valence-electron chi connectivity index (χ1n) is 4.96. The molecular weight excluding hydrogens is 186 g/mol. The SMILES string of the molecule is CCN(CC)c1cccc(C#N)c1C#N. The van der Waals surface area contributed by atoms with Gasteiger partial charge in [-0.3, -0.25) is 0 Å². The van der Waals surface area contributed by atoms with E-state index in [1.54, 1.807) is 6.07 Å². The summed E-state index contributed by atoms with van der Waals surface area (Å²) in [6, 6.07) is 9.51. The van der Waals surface area contributed by atoms with Gasteiger partial charge in [0, 0.05) is 13.1 Å². The van der Waals surface area contributed by atoms with Crippen molar-refractivity contribution in [3.63, 3.8) is 0 Å². The highest BCUT2D eigenvalue weighted by Crippen LogP contribution is 2.22. The van der Waals surface area contributed by atoms with E-state index in [1.807, 2.05) is 32.0 Å². The molecular formula is C12H13N3. The van der Waals surface area contributed by atoms with Gasteiger partial charge in [-0.1, -0.05) is 6.07 Å². The van der Waals surface area contributed by atoms with Gasteiger partial charge in [0.25, 0.3) is 0 Å². The highest BCUT2D eigenvalue weighted by Gasteiger charge is 2.11. The van der Waals surface area contributed by atoms with Crippen molar-refractivity contribution >= 4 is 5.69 Å². The molecule has 0 N–H and O–H groups in total. The molecule has 0 fully saturated rings. The Morgan fingerprint density at radius 1 is 1.13 bits per heavy atom. The van der Waals surface area contributed by atoms with Gasteiger partial charge in [-0.2, -0.15) is 10.5 Å². The molecule has 0 saturated heterocycles. The fourth-order valence-electron chi connectivity index (χ4n) is 1.58. The Kier molecular flexibility index (Phi) is 3.71. The maximum absolute atomic E-state index is 9.04. The van der Waals surface area contributed by atoms with Crippen molar-refractivity contribution < 1.29 is 0 Å². The van der Waals surface area contributed by atoms with Crippen molar-refractivity contribution in [3.05, 3.63) is 29.3 Å². The molecule has 0 heterocycles. The number of rotatable bonds is 3. The van der Waals surface area contributed by atoms with E-state index in [9.17, 15) is 0 Å². The van der Waals surface area contributed by atoms with Crippen LogP contribution in [0.5, 0.6) is 0 Å². The number of anilines is 1. The summed E-state index contributed by atoms with van der Waals surface area (Å²) in [7, 11) is 0. The first kappa shape index (κ1) is 11.1. The Morgan fingerprint density at radius 3 is 2.27 bits per heavy atom. The number of nitrogens with zero attached hydrogens (tertiary/aromatic N) is 3. The maximum atomic E-state index is 9.04. The van der Waals surface area contributed by atoms with E-state index in [4.69, 9.17) is 10.5 Å². The molecule has 0 bridgehead atoms. The Labute approximate surface area is 90.2 Å². The minimum atomic E-state index is 0.446. The Bertz CT molecular complexity index is 419. The van der Waals surface area contributed by atoms with Gasteiger partial charge >= 0.3 is 0 Å². The van der Waals surface area contributed by atoms with Gasteiger partial charge in [0.1, 0.15) is 12.1 Å². The van der Waals surface area contributed by atoms with Gasteiger partial charge < -0.3 is 4.90 Å². The average Bonchev–Trinajstić information content (AvgIpc) is 2.30. The molecule has 0 unspecified atom stereocenters. The molecule has 0 aliphatic heterocycles. The minimum absolute atomic E-state index is 0.446. The highest BCUT2D eigenvalue weighted by atomic mass is 15.1. The summed E-state index contributed by atoms with van der Waals surface area (Å²) in [5, 5.41) is 17.9. The van der Waals surface area contributed by atoms with Crippen LogP contribution >= 0.6 is 0 Å². The zero-order valence-electron chi connectivity index (χ0n) is 8.99. The van der Waals surface area contributed by atoms with E-state index in [2.05, 4.69) is 11.0 Å². The van der Waals surface area contributed by atoms with Gasteiger partial charge in [-0.05, 0) is 26.0 Å². The topological polar surface area (TPSA) is 50.8 Å². The molecule has 0 aliphatic rings. The summed E-state index contributed by atoms with van der Waals surface area (Å²) < 4.78 is 0. The number of benzene rings is 1. The van der Waals surface area contributed by atoms with Crippen molar-refractivity contribution in [3.8, 4) is 12.1 Å². The fourth-order valence-corrected chi connectivity index (χ4v) is 1.58. The molecule has 1 rings (SSSR count). The van der Waals surface area contributed by atoms with E-state index in [0.29, 0.717) is 11.1 Å². The number of hydrogen-bond donors (Lipinski definition) is 0. The van der Waals surface area contributed by atoms with Gasteiger partial charge in [-0.25, -0.2) is 0 Å². The summed E-state index contributed by atoms with van der Waals surface area (Å²) in [6.07, 6.45) is 0. The standard InChI is InChI=1S/C12H13N3/c1-3-15(4-2)12-7-5-6-10(8-13)11(12)9-14/h5-7H,3-4H2,1-2H3. The molecule has 0 aromatic heterocycles. The normalized spacial score (nSPS) is 9.07. The third-order valence-electron chi connectivity index (χ3n) is 2.38. The number of nitriles is 2. The lowest BCUT2D eigenvalue weighted by Gasteiger charge is -2.22. The van der Waals surface area contributed by atoms with Gasteiger partial charge in [0.15, 0.2) is 0 Å². The van der Waals surface area contributed by atoms with E-state index >= 15 is 0 Å². The summed E-state index contributed by atoms with van der Waals surface area (Å²) in [6.45, 7) is 5.73. The van der Waals surface area contributed by atoms with Crippen LogP contribution in [0, 0.1) is 22.7 Å². The Morgan fingerprint density at radius 2 is 1.80 bits per heavy atom. The predicted octanol–water partition coefficient (Wildman–Crippen LogP) is 2.28. The second kappa shape index (κ2) is 5.02. The lowest BCUT2D eigenvalue weighted by molar-refractivity contribution is 0.864. The molecule has 0 saturated carbocycles. The smallest absolute Gasteiger partial charge is 0.103 e. The molecule has 1 aromatic carbocycles. The van der Waals surface area contributed by atoms with E-state index in [-0.39, 0.29) is 0 Å². The summed E-state index contributed by atoms with van der Waals surface area (Å²) in [4.78, 5) is 2.07. The maximum Gasteiger partial charge on any atom is 0.103 e. The first-order chi connectivity index (χ1) is 7.28. The zero-order chi connectivity index (χ0) is 11.3. The van der Waals surface area contributed by atoms with Gasteiger partial charge in [0.05, 0.1) is 16.8 Å². The monoisotopic (exact) mass is 199 g/mol. The first-order valence-corrected chi connectivity index (χ1v) is 4.96. The summed E-state index contributed by atoms with van der Waals surface area (Å²) in [5.74, 6) is 0. The van der Waals surface area contributed by atoms with Gasteiger partial charge in [0.2, 0.25) is 0 Å². The molecule has 0 spiro atoms.